The van der Waals surface area contributed by atoms with Gasteiger partial charge in [0, 0.05) is 17.7 Å². The number of nitrogens with one attached hydrogen (secondary N) is 1. The molecule has 2 aromatic rings. The third-order valence-corrected chi connectivity index (χ3v) is 3.74. The lowest BCUT2D eigenvalue weighted by atomic mass is 10.0. The smallest absolute Gasteiger partial charge is 0.184 e. The third kappa shape index (κ3) is 3.06. The molecule has 108 valence electrons. The second-order valence-corrected chi connectivity index (χ2v) is 5.43. The molecule has 0 amide bonds. The number of nitrogens with zero attached hydrogens (tertiary/aromatic N) is 1. The third-order valence-electron chi connectivity index (χ3n) is 3.74. The highest BCUT2D eigenvalue weighted by Gasteiger charge is 2.29. The Morgan fingerprint density at radius 1 is 1.00 bits per heavy atom. The molecule has 0 saturated heterocycles. The van der Waals surface area contributed by atoms with Crippen molar-refractivity contribution >= 4 is 11.5 Å². The zero-order chi connectivity index (χ0) is 14.7. The fourth-order valence-electron chi connectivity index (χ4n) is 2.68. The summed E-state index contributed by atoms with van der Waals surface area (Å²) in [5.41, 5.74) is 15.6. The van der Waals surface area contributed by atoms with Gasteiger partial charge in [0.1, 0.15) is 5.84 Å². The Kier molecular flexibility index (Phi) is 3.62. The predicted octanol–water partition coefficient (Wildman–Crippen LogP) is 2.45. The molecule has 1 heterocycles. The van der Waals surface area contributed by atoms with E-state index in [1.807, 2.05) is 30.3 Å². The quantitative estimate of drug-likeness (QED) is 0.805. The molecule has 1 aliphatic rings. The molecule has 5 N–H and O–H groups in total. The van der Waals surface area contributed by atoms with Crippen LogP contribution in [0.5, 0.6) is 0 Å². The number of fused-ring (bicyclic) bond motifs is 1. The van der Waals surface area contributed by atoms with E-state index < -0.39 is 5.79 Å². The summed E-state index contributed by atoms with van der Waals surface area (Å²) in [5, 5.41) is 3.30. The predicted molar refractivity (Wildman–Crippen MR) is 87.1 cm³/mol. The van der Waals surface area contributed by atoms with Gasteiger partial charge in [-0.25, -0.2) is 4.99 Å². The Morgan fingerprint density at radius 2 is 1.71 bits per heavy atom. The van der Waals surface area contributed by atoms with E-state index in [1.54, 1.807) is 0 Å². The van der Waals surface area contributed by atoms with Crippen LogP contribution < -0.4 is 16.8 Å². The number of amidine groups is 1. The number of nitrogens with two attached hydrogens (primary N) is 2. The van der Waals surface area contributed by atoms with Crippen LogP contribution in [-0.4, -0.2) is 11.6 Å². The molecule has 0 fully saturated rings. The molecule has 0 saturated carbocycles. The zero-order valence-electron chi connectivity index (χ0n) is 11.9. The van der Waals surface area contributed by atoms with E-state index in [9.17, 15) is 0 Å². The van der Waals surface area contributed by atoms with Crippen LogP contribution in [0, 0.1) is 0 Å². The van der Waals surface area contributed by atoms with Gasteiger partial charge >= 0.3 is 0 Å². The van der Waals surface area contributed by atoms with Crippen LogP contribution >= 0.6 is 0 Å². The van der Waals surface area contributed by atoms with Crippen molar-refractivity contribution in [2.24, 2.45) is 16.5 Å². The van der Waals surface area contributed by atoms with E-state index in [1.165, 1.54) is 5.56 Å². The van der Waals surface area contributed by atoms with Crippen molar-refractivity contribution in [2.45, 2.75) is 25.0 Å². The minimum absolute atomic E-state index is 0.506. The number of aliphatic imine (C=N–C) groups is 1. The molecule has 4 heteroatoms. The van der Waals surface area contributed by atoms with E-state index in [4.69, 9.17) is 11.5 Å². The van der Waals surface area contributed by atoms with E-state index in [0.717, 1.165) is 30.5 Å². The molecule has 0 bridgehead atoms. The number of hydrogen-bond acceptors (Lipinski definition) is 4. The summed E-state index contributed by atoms with van der Waals surface area (Å²) in [7, 11) is 0. The fourth-order valence-corrected chi connectivity index (χ4v) is 2.68. The van der Waals surface area contributed by atoms with Gasteiger partial charge in [-0.3, -0.25) is 5.73 Å². The van der Waals surface area contributed by atoms with Crippen LogP contribution in [-0.2, 0) is 6.42 Å². The van der Waals surface area contributed by atoms with Crippen molar-refractivity contribution in [2.75, 3.05) is 5.32 Å². The van der Waals surface area contributed by atoms with Crippen LogP contribution in [0.15, 0.2) is 59.6 Å². The Labute approximate surface area is 124 Å². The maximum absolute atomic E-state index is 6.35. The Bertz CT molecular complexity index is 651. The normalized spacial score (nSPS) is 20.3. The lowest BCUT2D eigenvalue weighted by molar-refractivity contribution is 0.449. The summed E-state index contributed by atoms with van der Waals surface area (Å²) in [6.45, 7) is 0. The lowest BCUT2D eigenvalue weighted by Crippen LogP contribution is -2.50. The van der Waals surface area contributed by atoms with Crippen LogP contribution in [0.1, 0.15) is 24.0 Å². The van der Waals surface area contributed by atoms with Gasteiger partial charge in [0.05, 0.1) is 0 Å². The molecule has 3 rings (SSSR count). The van der Waals surface area contributed by atoms with Crippen molar-refractivity contribution in [3.8, 4) is 0 Å². The number of anilines is 1. The molecule has 0 aliphatic carbocycles. The molecule has 21 heavy (non-hydrogen) atoms. The molecule has 0 aromatic heterocycles. The molecule has 0 radical (unpaired) electrons. The first-order valence-corrected chi connectivity index (χ1v) is 7.22. The van der Waals surface area contributed by atoms with Crippen molar-refractivity contribution in [1.29, 1.82) is 0 Å². The van der Waals surface area contributed by atoms with Gasteiger partial charge in [0.25, 0.3) is 0 Å². The number of rotatable bonds is 4. The Balaban J connectivity index is 1.67. The van der Waals surface area contributed by atoms with Gasteiger partial charge < -0.3 is 11.1 Å². The van der Waals surface area contributed by atoms with Crippen molar-refractivity contribution < 1.29 is 0 Å². The van der Waals surface area contributed by atoms with Crippen LogP contribution in [0.3, 0.4) is 0 Å². The van der Waals surface area contributed by atoms with Gasteiger partial charge in [0.2, 0.25) is 0 Å². The van der Waals surface area contributed by atoms with Crippen LogP contribution in [0.4, 0.5) is 5.69 Å². The second kappa shape index (κ2) is 5.58. The van der Waals surface area contributed by atoms with Gasteiger partial charge in [-0.1, -0.05) is 42.5 Å². The molecule has 0 spiro atoms. The monoisotopic (exact) mass is 280 g/mol. The molecule has 1 atom stereocenters. The average Bonchev–Trinajstić information content (AvgIpc) is 2.48. The second-order valence-electron chi connectivity index (χ2n) is 5.43. The first kappa shape index (κ1) is 13.6. The number of hydrogen-bond donors (Lipinski definition) is 3. The molecular formula is C17H20N4. The minimum atomic E-state index is -0.812. The molecule has 2 aromatic carbocycles. The van der Waals surface area contributed by atoms with Gasteiger partial charge in [-0.15, -0.1) is 0 Å². The summed E-state index contributed by atoms with van der Waals surface area (Å²) in [4.78, 5) is 4.45. The average molecular weight is 280 g/mol. The largest absolute Gasteiger partial charge is 0.383 e. The highest BCUT2D eigenvalue weighted by molar-refractivity contribution is 6.04. The first-order valence-electron chi connectivity index (χ1n) is 7.22. The Hall–Kier alpha value is -2.33. The molecule has 1 unspecified atom stereocenters. The van der Waals surface area contributed by atoms with Crippen molar-refractivity contribution in [1.82, 2.24) is 0 Å². The molecule has 4 nitrogen and oxygen atoms in total. The van der Waals surface area contributed by atoms with E-state index >= 15 is 0 Å². The maximum Gasteiger partial charge on any atom is 0.184 e. The standard InChI is InChI=1S/C17H20N4/c18-16-14-10-4-5-11-15(14)20-17(19,21-16)12-6-9-13-7-2-1-3-8-13/h1-5,7-8,10-11,20H,6,9,12,19H2,(H2,18,21). The van der Waals surface area contributed by atoms with Crippen LogP contribution in [0.25, 0.3) is 0 Å². The maximum atomic E-state index is 6.35. The van der Waals surface area contributed by atoms with Gasteiger partial charge in [-0.2, -0.15) is 0 Å². The van der Waals surface area contributed by atoms with Crippen LogP contribution in [0.2, 0.25) is 0 Å². The summed E-state index contributed by atoms with van der Waals surface area (Å²) in [6.07, 6.45) is 2.67. The summed E-state index contributed by atoms with van der Waals surface area (Å²) in [5.74, 6) is -0.306. The summed E-state index contributed by atoms with van der Waals surface area (Å²) in [6, 6.07) is 18.2. The number of aryl methyl sites for hydroxylation is 1. The minimum Gasteiger partial charge on any atom is -0.383 e. The Morgan fingerprint density at radius 3 is 2.52 bits per heavy atom. The van der Waals surface area contributed by atoms with E-state index in [-0.39, 0.29) is 0 Å². The fraction of sp³-hybridized carbons (Fsp3) is 0.235. The SMILES string of the molecule is NC1=NC(N)(CCCc2ccccc2)Nc2ccccc21. The summed E-state index contributed by atoms with van der Waals surface area (Å²) < 4.78 is 0. The molecular weight excluding hydrogens is 260 g/mol. The number of benzene rings is 2. The number of para-hydroxylation sites is 1. The highest BCUT2D eigenvalue weighted by atomic mass is 15.3. The van der Waals surface area contributed by atoms with Crippen molar-refractivity contribution in [3.63, 3.8) is 0 Å². The zero-order valence-corrected chi connectivity index (χ0v) is 11.9. The first-order chi connectivity index (χ1) is 10.2. The highest BCUT2D eigenvalue weighted by Crippen LogP contribution is 2.26. The summed E-state index contributed by atoms with van der Waals surface area (Å²) >= 11 is 0. The topological polar surface area (TPSA) is 76.4 Å². The van der Waals surface area contributed by atoms with Crippen molar-refractivity contribution in [3.05, 3.63) is 65.7 Å². The van der Waals surface area contributed by atoms with E-state index in [0.29, 0.717) is 5.84 Å². The molecule has 1 aliphatic heterocycles. The van der Waals surface area contributed by atoms with Gasteiger partial charge in [0.15, 0.2) is 5.79 Å². The lowest BCUT2D eigenvalue weighted by Gasteiger charge is -2.33. The van der Waals surface area contributed by atoms with Gasteiger partial charge in [-0.05, 0) is 30.5 Å². The van der Waals surface area contributed by atoms with E-state index in [2.05, 4.69) is 34.6 Å².